The van der Waals surface area contributed by atoms with Crippen LogP contribution < -0.4 is 5.32 Å². The van der Waals surface area contributed by atoms with Gasteiger partial charge in [-0.2, -0.15) is 0 Å². The van der Waals surface area contributed by atoms with Crippen molar-refractivity contribution in [2.24, 2.45) is 0 Å². The molecule has 0 spiro atoms. The van der Waals surface area contributed by atoms with Crippen LogP contribution in [0.15, 0.2) is 47.1 Å². The third-order valence-corrected chi connectivity index (χ3v) is 3.17. The Morgan fingerprint density at radius 2 is 2.16 bits per heavy atom. The molecule has 0 aliphatic carbocycles. The van der Waals surface area contributed by atoms with E-state index in [4.69, 9.17) is 0 Å². The van der Waals surface area contributed by atoms with E-state index in [0.717, 1.165) is 16.4 Å². The number of benzene rings is 1. The zero-order chi connectivity index (χ0) is 13.7. The van der Waals surface area contributed by atoms with Crippen LogP contribution in [-0.4, -0.2) is 16.8 Å². The lowest BCUT2D eigenvalue weighted by Gasteiger charge is -2.07. The molecule has 1 aromatic heterocycles. The summed E-state index contributed by atoms with van der Waals surface area (Å²) >= 11 is 3.35. The Hall–Kier alpha value is -1.88. The lowest BCUT2D eigenvalue weighted by molar-refractivity contribution is -0.116. The molecule has 1 amide bonds. The van der Waals surface area contributed by atoms with Crippen molar-refractivity contribution in [2.45, 2.75) is 13.0 Å². The van der Waals surface area contributed by atoms with E-state index in [2.05, 4.69) is 21.2 Å². The van der Waals surface area contributed by atoms with Crippen LogP contribution >= 0.6 is 15.9 Å². The average Bonchev–Trinajstić information content (AvgIpc) is 2.83. The molecule has 2 rings (SSSR count). The molecule has 98 valence electrons. The number of nitrogens with one attached hydrogen (secondary N) is 1. The Bertz CT molecular complexity index is 593. The first-order valence-electron chi connectivity index (χ1n) is 5.85. The first-order chi connectivity index (χ1) is 9.19. The number of hydrogen-bond donors (Lipinski definition) is 1. The average molecular weight is 321 g/mol. The SMILES string of the molecule is O=Cc1cccn1CCC(=O)Nc1cccc(Br)c1. The van der Waals surface area contributed by atoms with Gasteiger partial charge in [0.05, 0.1) is 5.69 Å². The summed E-state index contributed by atoms with van der Waals surface area (Å²) in [4.78, 5) is 22.5. The maximum atomic E-state index is 11.8. The van der Waals surface area contributed by atoms with Crippen molar-refractivity contribution >= 4 is 33.8 Å². The number of carbonyl (C=O) groups excluding carboxylic acids is 2. The van der Waals surface area contributed by atoms with Crippen LogP contribution in [0.3, 0.4) is 0 Å². The number of aldehydes is 1. The Kier molecular flexibility index (Phi) is 4.52. The van der Waals surface area contributed by atoms with Crippen molar-refractivity contribution in [3.63, 3.8) is 0 Å². The largest absolute Gasteiger partial charge is 0.345 e. The van der Waals surface area contributed by atoms with Gasteiger partial charge in [-0.05, 0) is 30.3 Å². The summed E-state index contributed by atoms with van der Waals surface area (Å²) in [5, 5.41) is 2.81. The number of aryl methyl sites for hydroxylation is 1. The molecular weight excluding hydrogens is 308 g/mol. The van der Waals surface area contributed by atoms with E-state index in [1.807, 2.05) is 24.3 Å². The second kappa shape index (κ2) is 6.33. The van der Waals surface area contributed by atoms with Gasteiger partial charge in [-0.25, -0.2) is 0 Å². The van der Waals surface area contributed by atoms with Crippen LogP contribution in [0.25, 0.3) is 0 Å². The Balaban J connectivity index is 1.90. The number of hydrogen-bond acceptors (Lipinski definition) is 2. The highest BCUT2D eigenvalue weighted by Crippen LogP contribution is 2.15. The molecule has 0 atom stereocenters. The summed E-state index contributed by atoms with van der Waals surface area (Å²) in [7, 11) is 0. The van der Waals surface area contributed by atoms with Gasteiger partial charge in [0.25, 0.3) is 0 Å². The third-order valence-electron chi connectivity index (χ3n) is 2.67. The molecule has 0 bridgehead atoms. The molecule has 0 aliphatic rings. The highest BCUT2D eigenvalue weighted by molar-refractivity contribution is 9.10. The maximum absolute atomic E-state index is 11.8. The van der Waals surface area contributed by atoms with E-state index in [1.165, 1.54) is 0 Å². The van der Waals surface area contributed by atoms with Crippen molar-refractivity contribution in [3.8, 4) is 0 Å². The Morgan fingerprint density at radius 3 is 2.89 bits per heavy atom. The van der Waals surface area contributed by atoms with Gasteiger partial charge in [-0.1, -0.05) is 22.0 Å². The zero-order valence-electron chi connectivity index (χ0n) is 10.2. The monoisotopic (exact) mass is 320 g/mol. The molecular formula is C14H13BrN2O2. The molecule has 1 aromatic carbocycles. The topological polar surface area (TPSA) is 51.1 Å². The van der Waals surface area contributed by atoms with Crippen molar-refractivity contribution in [2.75, 3.05) is 5.32 Å². The summed E-state index contributed by atoms with van der Waals surface area (Å²) in [6.07, 6.45) is 2.89. The van der Waals surface area contributed by atoms with Gasteiger partial charge in [0, 0.05) is 29.3 Å². The smallest absolute Gasteiger partial charge is 0.226 e. The summed E-state index contributed by atoms with van der Waals surface area (Å²) < 4.78 is 2.67. The van der Waals surface area contributed by atoms with E-state index < -0.39 is 0 Å². The van der Waals surface area contributed by atoms with Gasteiger partial charge in [-0.15, -0.1) is 0 Å². The standard InChI is InChI=1S/C14H13BrN2O2/c15-11-3-1-4-12(9-11)16-14(19)6-8-17-7-2-5-13(17)10-18/h1-5,7,9-10H,6,8H2,(H,16,19). The van der Waals surface area contributed by atoms with Gasteiger partial charge in [0.15, 0.2) is 6.29 Å². The molecule has 0 unspecified atom stereocenters. The fourth-order valence-electron chi connectivity index (χ4n) is 1.75. The number of halogens is 1. The van der Waals surface area contributed by atoms with Crippen LogP contribution in [0, 0.1) is 0 Å². The van der Waals surface area contributed by atoms with Gasteiger partial charge in [0.1, 0.15) is 0 Å². The fourth-order valence-corrected chi connectivity index (χ4v) is 2.15. The predicted molar refractivity (Wildman–Crippen MR) is 77.2 cm³/mol. The molecule has 0 saturated carbocycles. The van der Waals surface area contributed by atoms with Crippen molar-refractivity contribution in [1.29, 1.82) is 0 Å². The predicted octanol–water partition coefficient (Wildman–Crippen LogP) is 3.09. The van der Waals surface area contributed by atoms with E-state index in [-0.39, 0.29) is 5.91 Å². The van der Waals surface area contributed by atoms with Crippen LogP contribution in [0.1, 0.15) is 16.9 Å². The molecule has 19 heavy (non-hydrogen) atoms. The lowest BCUT2D eigenvalue weighted by atomic mass is 10.3. The van der Waals surface area contributed by atoms with E-state index in [0.29, 0.717) is 18.7 Å². The molecule has 4 nitrogen and oxygen atoms in total. The van der Waals surface area contributed by atoms with Crippen molar-refractivity contribution in [3.05, 3.63) is 52.8 Å². The van der Waals surface area contributed by atoms with Crippen LogP contribution in [0.4, 0.5) is 5.69 Å². The normalized spacial score (nSPS) is 10.2. The highest BCUT2D eigenvalue weighted by Gasteiger charge is 2.05. The summed E-state index contributed by atoms with van der Waals surface area (Å²) in [5.41, 5.74) is 1.33. The second-order valence-corrected chi connectivity index (χ2v) is 4.97. The molecule has 5 heteroatoms. The van der Waals surface area contributed by atoms with Gasteiger partial charge >= 0.3 is 0 Å². The molecule has 0 saturated heterocycles. The summed E-state index contributed by atoms with van der Waals surface area (Å²) in [6, 6.07) is 10.9. The number of carbonyl (C=O) groups is 2. The quantitative estimate of drug-likeness (QED) is 0.861. The van der Waals surface area contributed by atoms with E-state index in [1.54, 1.807) is 22.9 Å². The zero-order valence-corrected chi connectivity index (χ0v) is 11.8. The first kappa shape index (κ1) is 13.5. The minimum absolute atomic E-state index is 0.0800. The van der Waals surface area contributed by atoms with Crippen molar-refractivity contribution in [1.82, 2.24) is 4.57 Å². The molecule has 1 heterocycles. The number of aromatic nitrogens is 1. The third kappa shape index (κ3) is 3.79. The van der Waals surface area contributed by atoms with Gasteiger partial charge in [0.2, 0.25) is 5.91 Å². The summed E-state index contributed by atoms with van der Waals surface area (Å²) in [6.45, 7) is 0.487. The fraction of sp³-hybridized carbons (Fsp3) is 0.143. The number of anilines is 1. The van der Waals surface area contributed by atoms with Gasteiger partial charge < -0.3 is 9.88 Å². The number of nitrogens with zero attached hydrogens (tertiary/aromatic N) is 1. The van der Waals surface area contributed by atoms with E-state index in [9.17, 15) is 9.59 Å². The molecule has 0 radical (unpaired) electrons. The second-order valence-electron chi connectivity index (χ2n) is 4.05. The molecule has 2 aromatic rings. The van der Waals surface area contributed by atoms with Crippen LogP contribution in [-0.2, 0) is 11.3 Å². The minimum Gasteiger partial charge on any atom is -0.345 e. The maximum Gasteiger partial charge on any atom is 0.226 e. The van der Waals surface area contributed by atoms with Crippen LogP contribution in [0.5, 0.6) is 0 Å². The Morgan fingerprint density at radius 1 is 1.32 bits per heavy atom. The van der Waals surface area contributed by atoms with Gasteiger partial charge in [-0.3, -0.25) is 9.59 Å². The van der Waals surface area contributed by atoms with E-state index >= 15 is 0 Å². The molecule has 0 fully saturated rings. The van der Waals surface area contributed by atoms with Crippen molar-refractivity contribution < 1.29 is 9.59 Å². The van der Waals surface area contributed by atoms with Crippen LogP contribution in [0.2, 0.25) is 0 Å². The number of rotatable bonds is 5. The number of amides is 1. The summed E-state index contributed by atoms with van der Waals surface area (Å²) in [5.74, 6) is -0.0800. The first-order valence-corrected chi connectivity index (χ1v) is 6.64. The molecule has 0 aliphatic heterocycles. The lowest BCUT2D eigenvalue weighted by Crippen LogP contribution is -2.15. The Labute approximate surface area is 119 Å². The molecule has 1 N–H and O–H groups in total. The highest BCUT2D eigenvalue weighted by atomic mass is 79.9. The minimum atomic E-state index is -0.0800.